The number of phenols is 2. The fourth-order valence-corrected chi connectivity index (χ4v) is 4.46. The lowest BCUT2D eigenvalue weighted by atomic mass is 9.70. The molecular weight excluding hydrogens is 551 g/mol. The lowest BCUT2D eigenvalue weighted by Gasteiger charge is -2.29. The minimum atomic E-state index is -5.08. The third kappa shape index (κ3) is 6.88. The molecule has 2 aliphatic rings. The van der Waals surface area contributed by atoms with Crippen molar-refractivity contribution in [2.75, 3.05) is 26.2 Å². The highest BCUT2D eigenvalue weighted by molar-refractivity contribution is 6.31. The standard InChI is InChI=1S/C25H33N3O6.C2HF3O2/c1-13-21(31)19(15(3)29)23-20(22(13)32)25(4)17(34-23)12-16(30)18(24(25)33)14(2)28-11-7-10-27-9-6-5-8-26;3-2(4,5)1(6)7/h12,27-28,31-32H,5-11,26H2,1-4H3;(H,6,7)/b18-14+;/t25-;/m0./s1. The van der Waals surface area contributed by atoms with Crippen LogP contribution in [0.25, 0.3) is 0 Å². The molecule has 0 saturated carbocycles. The number of ketones is 3. The maximum Gasteiger partial charge on any atom is 0.490 e. The number of nitrogens with two attached hydrogens (primary N) is 1. The predicted molar refractivity (Wildman–Crippen MR) is 141 cm³/mol. The van der Waals surface area contributed by atoms with Crippen LogP contribution < -0.4 is 21.1 Å². The van der Waals surface area contributed by atoms with Crippen molar-refractivity contribution in [2.45, 2.75) is 58.5 Å². The molecule has 0 unspecified atom stereocenters. The lowest BCUT2D eigenvalue weighted by Crippen LogP contribution is -2.41. The van der Waals surface area contributed by atoms with Crippen LogP contribution in [0.5, 0.6) is 17.2 Å². The quantitative estimate of drug-likeness (QED) is 0.102. The molecule has 0 spiro atoms. The number of fused-ring (bicyclic) bond motifs is 3. The number of halogens is 3. The Morgan fingerprint density at radius 2 is 1.63 bits per heavy atom. The van der Waals surface area contributed by atoms with Crippen LogP contribution in [-0.2, 0) is 19.8 Å². The van der Waals surface area contributed by atoms with Gasteiger partial charge in [0.1, 0.15) is 34.0 Å². The average molecular weight is 586 g/mol. The van der Waals surface area contributed by atoms with E-state index in [1.165, 1.54) is 19.9 Å². The van der Waals surface area contributed by atoms with Crippen molar-refractivity contribution in [3.05, 3.63) is 39.8 Å². The van der Waals surface area contributed by atoms with Crippen LogP contribution in [0, 0.1) is 6.92 Å². The number of rotatable bonds is 10. The van der Waals surface area contributed by atoms with E-state index in [0.717, 1.165) is 32.4 Å². The normalized spacial score (nSPS) is 18.9. The number of carbonyl (C=O) groups is 4. The number of nitrogens with one attached hydrogen (secondary N) is 2. The number of carboxylic acids is 1. The number of unbranched alkanes of at least 4 members (excludes halogenated alkanes) is 1. The number of alkyl halides is 3. The number of allylic oxidation sites excluding steroid dienone is 4. The van der Waals surface area contributed by atoms with Gasteiger partial charge in [-0.2, -0.15) is 13.2 Å². The van der Waals surface area contributed by atoms with Gasteiger partial charge in [0.05, 0.1) is 11.1 Å². The van der Waals surface area contributed by atoms with E-state index in [9.17, 15) is 37.8 Å². The van der Waals surface area contributed by atoms with E-state index in [2.05, 4.69) is 10.6 Å². The molecule has 1 aliphatic heterocycles. The van der Waals surface area contributed by atoms with Crippen molar-refractivity contribution < 1.29 is 52.4 Å². The summed E-state index contributed by atoms with van der Waals surface area (Å²) < 4.78 is 37.5. The first-order valence-corrected chi connectivity index (χ1v) is 12.8. The lowest BCUT2D eigenvalue weighted by molar-refractivity contribution is -0.192. The van der Waals surface area contributed by atoms with Crippen LogP contribution in [0.3, 0.4) is 0 Å². The summed E-state index contributed by atoms with van der Waals surface area (Å²) in [7, 11) is 0. The Balaban J connectivity index is 0.000000745. The molecule has 0 saturated heterocycles. The minimum absolute atomic E-state index is 0.0203. The Morgan fingerprint density at radius 1 is 1.05 bits per heavy atom. The molecule has 1 aliphatic carbocycles. The molecule has 14 heteroatoms. The highest BCUT2D eigenvalue weighted by atomic mass is 19.4. The number of aromatic hydroxyl groups is 2. The highest BCUT2D eigenvalue weighted by Crippen LogP contribution is 2.57. The van der Waals surface area contributed by atoms with Crippen LogP contribution in [0.15, 0.2) is 23.1 Å². The van der Waals surface area contributed by atoms with Gasteiger partial charge in [-0.3, -0.25) is 14.4 Å². The molecule has 1 atom stereocenters. The Labute approximate surface area is 234 Å². The highest BCUT2D eigenvalue weighted by Gasteiger charge is 2.56. The summed E-state index contributed by atoms with van der Waals surface area (Å²) in [6, 6.07) is 0. The molecule has 0 amide bonds. The Kier molecular flexibility index (Phi) is 10.7. The maximum absolute atomic E-state index is 13.7. The summed E-state index contributed by atoms with van der Waals surface area (Å²) in [6.07, 6.45) is -1.08. The van der Waals surface area contributed by atoms with Gasteiger partial charge in [-0.15, -0.1) is 0 Å². The summed E-state index contributed by atoms with van der Waals surface area (Å²) in [5.41, 5.74) is 4.42. The van der Waals surface area contributed by atoms with E-state index < -0.39 is 40.7 Å². The Hall–Kier alpha value is -3.91. The van der Waals surface area contributed by atoms with Gasteiger partial charge in [0.2, 0.25) is 0 Å². The smallest absolute Gasteiger partial charge is 0.490 e. The van der Waals surface area contributed by atoms with E-state index in [-0.39, 0.29) is 39.5 Å². The van der Waals surface area contributed by atoms with Gasteiger partial charge in [-0.05, 0) is 66.6 Å². The number of hydrogen-bond donors (Lipinski definition) is 6. The molecule has 1 aromatic carbocycles. The second kappa shape index (κ2) is 13.2. The third-order valence-electron chi connectivity index (χ3n) is 6.73. The van der Waals surface area contributed by atoms with E-state index in [1.54, 1.807) is 13.8 Å². The number of aliphatic carboxylic acids is 1. The molecule has 1 aromatic rings. The van der Waals surface area contributed by atoms with Gasteiger partial charge < -0.3 is 36.4 Å². The van der Waals surface area contributed by atoms with Gasteiger partial charge in [0, 0.05) is 23.9 Å². The first-order chi connectivity index (χ1) is 19.0. The number of carbonyl (C=O) groups excluding carboxylic acids is 3. The molecule has 0 radical (unpaired) electrons. The summed E-state index contributed by atoms with van der Waals surface area (Å²) in [5, 5.41) is 34.9. The molecule has 0 fully saturated rings. The number of carboxylic acid groups (broad SMARTS) is 1. The number of ether oxygens (including phenoxy) is 1. The predicted octanol–water partition coefficient (Wildman–Crippen LogP) is 2.51. The zero-order valence-electron chi connectivity index (χ0n) is 23.1. The second-order valence-electron chi connectivity index (χ2n) is 9.72. The molecule has 0 bridgehead atoms. The Bertz CT molecular complexity index is 1300. The first-order valence-electron chi connectivity index (χ1n) is 12.8. The topological polar surface area (TPSA) is 188 Å². The van der Waals surface area contributed by atoms with Crippen molar-refractivity contribution >= 4 is 23.3 Å². The number of hydrogen-bond acceptors (Lipinski definition) is 10. The van der Waals surface area contributed by atoms with Crippen LogP contribution in [0.4, 0.5) is 13.2 Å². The van der Waals surface area contributed by atoms with Gasteiger partial charge >= 0.3 is 12.1 Å². The SMILES string of the molecule is CC(=O)c1c(O)c(C)c(O)c2c1OC1=CC(=O)/C(=C(/C)NCCCNCCCCN)C(=O)[C@@]12C.O=C(O)C(F)(F)F. The number of phenolic OH excluding ortho intramolecular Hbond substituents is 2. The Morgan fingerprint density at radius 3 is 2.17 bits per heavy atom. The molecule has 226 valence electrons. The van der Waals surface area contributed by atoms with Crippen molar-refractivity contribution in [3.8, 4) is 17.2 Å². The summed E-state index contributed by atoms with van der Waals surface area (Å²) in [4.78, 5) is 47.7. The largest absolute Gasteiger partial charge is 0.507 e. The molecule has 1 heterocycles. The van der Waals surface area contributed by atoms with Gasteiger partial charge in [0.15, 0.2) is 17.3 Å². The molecule has 7 N–H and O–H groups in total. The van der Waals surface area contributed by atoms with E-state index >= 15 is 0 Å². The average Bonchev–Trinajstić information content (AvgIpc) is 3.16. The monoisotopic (exact) mass is 585 g/mol. The van der Waals surface area contributed by atoms with Crippen molar-refractivity contribution in [1.82, 2.24) is 10.6 Å². The third-order valence-corrected chi connectivity index (χ3v) is 6.73. The molecule has 11 nitrogen and oxygen atoms in total. The van der Waals surface area contributed by atoms with Gasteiger partial charge in [-0.25, -0.2) is 4.79 Å². The van der Waals surface area contributed by atoms with Crippen LogP contribution in [-0.4, -0.2) is 71.0 Å². The second-order valence-corrected chi connectivity index (χ2v) is 9.72. The summed E-state index contributed by atoms with van der Waals surface area (Å²) in [6.45, 7) is 8.85. The maximum atomic E-state index is 13.7. The van der Waals surface area contributed by atoms with Gasteiger partial charge in [0.25, 0.3) is 0 Å². The molecule has 0 aromatic heterocycles. The fourth-order valence-electron chi connectivity index (χ4n) is 4.46. The zero-order valence-corrected chi connectivity index (χ0v) is 23.1. The van der Waals surface area contributed by atoms with Gasteiger partial charge in [-0.1, -0.05) is 0 Å². The van der Waals surface area contributed by atoms with Crippen LogP contribution in [0.2, 0.25) is 0 Å². The zero-order chi connectivity index (χ0) is 31.3. The molecule has 3 rings (SSSR count). The number of Topliss-reactive ketones (excluding diaryl/α,β-unsaturated/α-hetero) is 2. The van der Waals surface area contributed by atoms with Crippen molar-refractivity contribution in [1.29, 1.82) is 0 Å². The van der Waals surface area contributed by atoms with E-state index in [1.807, 2.05) is 0 Å². The molecular formula is C27H34F3N3O8. The van der Waals surface area contributed by atoms with Crippen LogP contribution in [0.1, 0.15) is 61.5 Å². The fraction of sp³-hybridized carbons (Fsp3) is 0.481. The van der Waals surface area contributed by atoms with Crippen LogP contribution >= 0.6 is 0 Å². The summed E-state index contributed by atoms with van der Waals surface area (Å²) >= 11 is 0. The van der Waals surface area contributed by atoms with Crippen molar-refractivity contribution in [2.24, 2.45) is 5.73 Å². The first kappa shape index (κ1) is 33.3. The summed E-state index contributed by atoms with van der Waals surface area (Å²) in [5.74, 6) is -5.09. The van der Waals surface area contributed by atoms with E-state index in [4.69, 9.17) is 20.4 Å². The number of benzene rings is 1. The molecule has 41 heavy (non-hydrogen) atoms. The van der Waals surface area contributed by atoms with E-state index in [0.29, 0.717) is 18.8 Å². The van der Waals surface area contributed by atoms with Crippen molar-refractivity contribution in [3.63, 3.8) is 0 Å². The minimum Gasteiger partial charge on any atom is -0.507 e.